The van der Waals surface area contributed by atoms with Crippen molar-refractivity contribution in [1.82, 2.24) is 0 Å². The molecule has 0 amide bonds. The van der Waals surface area contributed by atoms with Crippen molar-refractivity contribution in [1.29, 1.82) is 0 Å². The van der Waals surface area contributed by atoms with Gasteiger partial charge in [0.15, 0.2) is 0 Å². The summed E-state index contributed by atoms with van der Waals surface area (Å²) in [5, 5.41) is 0. The van der Waals surface area contributed by atoms with Gasteiger partial charge >= 0.3 is 0 Å². The molecule has 0 unspecified atom stereocenters. The highest BCUT2D eigenvalue weighted by Gasteiger charge is 1.98. The van der Waals surface area contributed by atoms with E-state index in [1.54, 1.807) is 0 Å². The average molecular weight is 182 g/mol. The monoisotopic (exact) mass is 182 g/mol. The minimum absolute atomic E-state index is 0.689. The Balaban J connectivity index is 3.73. The fourth-order valence-electron chi connectivity index (χ4n) is 1.16. The smallest absolute Gasteiger partial charge is 0.145 e. The zero-order chi connectivity index (χ0) is 10.1. The van der Waals surface area contributed by atoms with Crippen LogP contribution in [0.25, 0.3) is 0 Å². The van der Waals surface area contributed by atoms with Gasteiger partial charge in [-0.15, -0.1) is 0 Å². The van der Waals surface area contributed by atoms with Crippen LogP contribution in [0.15, 0.2) is 11.6 Å². The van der Waals surface area contributed by atoms with Crippen LogP contribution in [0.3, 0.4) is 0 Å². The molecule has 0 aliphatic heterocycles. The number of hydrogen-bond donors (Lipinski definition) is 0. The molecule has 0 aliphatic carbocycles. The highest BCUT2D eigenvalue weighted by molar-refractivity contribution is 5.72. The Labute approximate surface area is 82.2 Å². The topological polar surface area (TPSA) is 17.1 Å². The normalized spacial score (nSPS) is 12.2. The first-order valence-corrected chi connectivity index (χ1v) is 5.34. The summed E-state index contributed by atoms with van der Waals surface area (Å²) in [5.41, 5.74) is 0.988. The molecule has 0 radical (unpaired) electrons. The Kier molecular flexibility index (Phi) is 7.66. The Morgan fingerprint density at radius 1 is 1.38 bits per heavy atom. The fraction of sp³-hybridized carbons (Fsp3) is 0.750. The van der Waals surface area contributed by atoms with Gasteiger partial charge in [-0.1, -0.05) is 39.7 Å². The van der Waals surface area contributed by atoms with Crippen molar-refractivity contribution in [3.63, 3.8) is 0 Å². The lowest BCUT2D eigenvalue weighted by Crippen LogP contribution is -1.91. The van der Waals surface area contributed by atoms with Crippen LogP contribution in [-0.2, 0) is 4.79 Å². The van der Waals surface area contributed by atoms with Crippen LogP contribution in [0.2, 0.25) is 0 Å². The van der Waals surface area contributed by atoms with E-state index in [1.165, 1.54) is 12.8 Å². The van der Waals surface area contributed by atoms with E-state index in [-0.39, 0.29) is 0 Å². The summed E-state index contributed by atoms with van der Waals surface area (Å²) in [6.07, 6.45) is 8.63. The molecule has 0 saturated carbocycles. The van der Waals surface area contributed by atoms with E-state index in [4.69, 9.17) is 0 Å². The van der Waals surface area contributed by atoms with E-state index in [0.717, 1.165) is 31.1 Å². The molecule has 0 N–H and O–H groups in total. The molecule has 0 saturated heterocycles. The molecular weight excluding hydrogens is 160 g/mol. The minimum Gasteiger partial charge on any atom is -0.298 e. The maximum atomic E-state index is 10.6. The van der Waals surface area contributed by atoms with E-state index in [1.807, 2.05) is 0 Å². The number of aldehydes is 1. The number of carbonyl (C=O) groups is 1. The maximum absolute atomic E-state index is 10.6. The van der Waals surface area contributed by atoms with E-state index in [0.29, 0.717) is 5.92 Å². The summed E-state index contributed by atoms with van der Waals surface area (Å²) in [4.78, 5) is 10.6. The molecule has 1 heteroatoms. The van der Waals surface area contributed by atoms with E-state index in [2.05, 4.69) is 26.8 Å². The Bertz CT molecular complexity index is 157. The summed E-state index contributed by atoms with van der Waals surface area (Å²) in [7, 11) is 0. The average Bonchev–Trinajstić information content (AvgIpc) is 2.10. The molecule has 76 valence electrons. The SMILES string of the molecule is CCCCC=C(C=O)CCC(C)C. The molecule has 0 bridgehead atoms. The van der Waals surface area contributed by atoms with Crippen molar-refractivity contribution in [2.75, 3.05) is 0 Å². The second kappa shape index (κ2) is 8.03. The van der Waals surface area contributed by atoms with Crippen molar-refractivity contribution in [3.05, 3.63) is 11.6 Å². The molecule has 13 heavy (non-hydrogen) atoms. The van der Waals surface area contributed by atoms with Gasteiger partial charge < -0.3 is 0 Å². The van der Waals surface area contributed by atoms with Gasteiger partial charge in [-0.25, -0.2) is 0 Å². The largest absolute Gasteiger partial charge is 0.298 e. The molecule has 0 spiro atoms. The molecule has 0 aliphatic rings. The molecule has 0 aromatic carbocycles. The lowest BCUT2D eigenvalue weighted by atomic mass is 10.0. The molecule has 0 rings (SSSR count). The van der Waals surface area contributed by atoms with E-state index in [9.17, 15) is 4.79 Å². The predicted octanol–water partition coefficient (Wildman–Crippen LogP) is 3.74. The Morgan fingerprint density at radius 2 is 2.08 bits per heavy atom. The molecule has 0 atom stereocenters. The van der Waals surface area contributed by atoms with E-state index < -0.39 is 0 Å². The third kappa shape index (κ3) is 7.76. The van der Waals surface area contributed by atoms with Crippen LogP contribution in [0.4, 0.5) is 0 Å². The third-order valence-corrected chi connectivity index (χ3v) is 2.13. The van der Waals surface area contributed by atoms with Gasteiger partial charge in [-0.05, 0) is 30.8 Å². The number of unbranched alkanes of at least 4 members (excludes halogenated alkanes) is 2. The van der Waals surface area contributed by atoms with Gasteiger partial charge in [0, 0.05) is 0 Å². The summed E-state index contributed by atoms with van der Waals surface area (Å²) in [6.45, 7) is 6.55. The first-order valence-electron chi connectivity index (χ1n) is 5.34. The highest BCUT2D eigenvalue weighted by Crippen LogP contribution is 2.11. The van der Waals surface area contributed by atoms with Crippen molar-refractivity contribution in [3.8, 4) is 0 Å². The molecule has 1 nitrogen and oxygen atoms in total. The third-order valence-electron chi connectivity index (χ3n) is 2.13. The summed E-state index contributed by atoms with van der Waals surface area (Å²) in [5.74, 6) is 0.689. The highest BCUT2D eigenvalue weighted by atomic mass is 16.1. The first kappa shape index (κ1) is 12.4. The maximum Gasteiger partial charge on any atom is 0.145 e. The molecule has 0 aromatic heterocycles. The van der Waals surface area contributed by atoms with E-state index >= 15 is 0 Å². The van der Waals surface area contributed by atoms with Crippen molar-refractivity contribution in [2.24, 2.45) is 5.92 Å². The van der Waals surface area contributed by atoms with Gasteiger partial charge in [-0.2, -0.15) is 0 Å². The number of carbonyl (C=O) groups excluding carboxylic acids is 1. The molecule has 0 fully saturated rings. The zero-order valence-corrected chi connectivity index (χ0v) is 9.18. The van der Waals surface area contributed by atoms with Gasteiger partial charge in [0.25, 0.3) is 0 Å². The van der Waals surface area contributed by atoms with Gasteiger partial charge in [-0.3, -0.25) is 4.79 Å². The summed E-state index contributed by atoms with van der Waals surface area (Å²) < 4.78 is 0. The number of allylic oxidation sites excluding steroid dienone is 2. The van der Waals surface area contributed by atoms with Crippen LogP contribution in [0.1, 0.15) is 52.9 Å². The Morgan fingerprint density at radius 3 is 2.54 bits per heavy atom. The fourth-order valence-corrected chi connectivity index (χ4v) is 1.16. The first-order chi connectivity index (χ1) is 6.20. The summed E-state index contributed by atoms with van der Waals surface area (Å²) in [6, 6.07) is 0. The van der Waals surface area contributed by atoms with Crippen LogP contribution in [0, 0.1) is 5.92 Å². The summed E-state index contributed by atoms with van der Waals surface area (Å²) >= 11 is 0. The minimum atomic E-state index is 0.689. The zero-order valence-electron chi connectivity index (χ0n) is 9.18. The van der Waals surface area contributed by atoms with Crippen LogP contribution < -0.4 is 0 Å². The predicted molar refractivity (Wildman–Crippen MR) is 57.7 cm³/mol. The van der Waals surface area contributed by atoms with Gasteiger partial charge in [0.2, 0.25) is 0 Å². The number of hydrogen-bond acceptors (Lipinski definition) is 1. The molecule has 0 heterocycles. The standard InChI is InChI=1S/C12H22O/c1-4-5-6-7-12(10-13)9-8-11(2)3/h7,10-11H,4-6,8-9H2,1-3H3. The lowest BCUT2D eigenvalue weighted by Gasteiger charge is -2.03. The Hall–Kier alpha value is -0.590. The van der Waals surface area contributed by atoms with Crippen molar-refractivity contribution in [2.45, 2.75) is 52.9 Å². The van der Waals surface area contributed by atoms with Crippen molar-refractivity contribution >= 4 is 6.29 Å². The van der Waals surface area contributed by atoms with Gasteiger partial charge in [0.1, 0.15) is 6.29 Å². The second-order valence-corrected chi connectivity index (χ2v) is 3.97. The van der Waals surface area contributed by atoms with Gasteiger partial charge in [0.05, 0.1) is 0 Å². The lowest BCUT2D eigenvalue weighted by molar-refractivity contribution is -0.105. The molecule has 0 aromatic rings. The van der Waals surface area contributed by atoms with Crippen LogP contribution in [-0.4, -0.2) is 6.29 Å². The quantitative estimate of drug-likeness (QED) is 0.333. The number of rotatable bonds is 7. The van der Waals surface area contributed by atoms with Crippen LogP contribution >= 0.6 is 0 Å². The second-order valence-electron chi connectivity index (χ2n) is 3.97. The van der Waals surface area contributed by atoms with Crippen molar-refractivity contribution < 1.29 is 4.79 Å². The molecular formula is C12H22O. The van der Waals surface area contributed by atoms with Crippen LogP contribution in [0.5, 0.6) is 0 Å².